The highest BCUT2D eigenvalue weighted by Gasteiger charge is 2.54. The summed E-state index contributed by atoms with van der Waals surface area (Å²) in [4.78, 5) is 20.3. The maximum atomic E-state index is 13.7. The van der Waals surface area contributed by atoms with E-state index < -0.39 is 23.1 Å². The van der Waals surface area contributed by atoms with E-state index in [2.05, 4.69) is 29.6 Å². The number of ether oxygens (including phenoxy) is 3. The summed E-state index contributed by atoms with van der Waals surface area (Å²) in [6.07, 6.45) is 2.10. The highest BCUT2D eigenvalue weighted by atomic mass is 16.8. The van der Waals surface area contributed by atoms with Crippen molar-refractivity contribution in [2.24, 2.45) is 0 Å². The Labute approximate surface area is 236 Å². The molecule has 0 unspecified atom stereocenters. The first-order valence-electron chi connectivity index (χ1n) is 14.1. The van der Waals surface area contributed by atoms with Crippen LogP contribution in [0, 0.1) is 0 Å². The van der Waals surface area contributed by atoms with E-state index in [4.69, 9.17) is 19.2 Å². The lowest BCUT2D eigenvalue weighted by molar-refractivity contribution is -0.160. The standard InChI is InChI=1S/C30H42N6O4/c1-20(2)22-16-33-36-25(35(27(37)39-28(3,4)5)18-21-11-9-8-10-12-21)15-24(34-26(22)36)32-19-30-13-14-31-17-23(30)38-29(6,7)40-30/h8-12,15-16,20,23,31H,13-14,17-19H2,1-7H3,(H,32,34)/t23-,30-/m1/s1. The van der Waals surface area contributed by atoms with Crippen LogP contribution in [0.3, 0.4) is 0 Å². The molecule has 3 aromatic rings. The Balaban J connectivity index is 1.55. The van der Waals surface area contributed by atoms with Gasteiger partial charge in [-0.05, 0) is 59.1 Å². The lowest BCUT2D eigenvalue weighted by atomic mass is 9.89. The van der Waals surface area contributed by atoms with Crippen LogP contribution in [0.4, 0.5) is 16.4 Å². The monoisotopic (exact) mass is 550 g/mol. The summed E-state index contributed by atoms with van der Waals surface area (Å²) in [5.41, 5.74) is 1.51. The second kappa shape index (κ2) is 10.6. The van der Waals surface area contributed by atoms with Crippen molar-refractivity contribution in [3.05, 3.63) is 53.7 Å². The predicted molar refractivity (Wildman–Crippen MR) is 155 cm³/mol. The molecule has 1 amide bonds. The number of nitrogens with zero attached hydrogens (tertiary/aromatic N) is 4. The zero-order valence-electron chi connectivity index (χ0n) is 24.7. The maximum Gasteiger partial charge on any atom is 0.416 e. The van der Waals surface area contributed by atoms with Crippen LogP contribution in [-0.2, 0) is 20.8 Å². The number of hydrogen-bond donors (Lipinski definition) is 2. The first-order valence-corrected chi connectivity index (χ1v) is 14.1. The summed E-state index contributed by atoms with van der Waals surface area (Å²) >= 11 is 0. The van der Waals surface area contributed by atoms with Crippen molar-refractivity contribution in [1.29, 1.82) is 0 Å². The summed E-state index contributed by atoms with van der Waals surface area (Å²) in [5, 5.41) is 11.6. The Morgan fingerprint density at radius 1 is 1.27 bits per heavy atom. The Kier molecular flexibility index (Phi) is 7.54. The topological polar surface area (TPSA) is 102 Å². The molecule has 1 aromatic carbocycles. The Hall–Kier alpha value is -3.21. The predicted octanol–water partition coefficient (Wildman–Crippen LogP) is 5.09. The zero-order valence-corrected chi connectivity index (χ0v) is 24.7. The van der Waals surface area contributed by atoms with E-state index in [1.165, 1.54) is 0 Å². The average molecular weight is 551 g/mol. The van der Waals surface area contributed by atoms with E-state index in [0.717, 1.165) is 30.6 Å². The molecule has 0 saturated carbocycles. The van der Waals surface area contributed by atoms with Crippen molar-refractivity contribution in [3.63, 3.8) is 0 Å². The first kappa shape index (κ1) is 28.3. The third-order valence-electron chi connectivity index (χ3n) is 7.26. The number of benzene rings is 1. The Bertz CT molecular complexity index is 1350. The number of aromatic nitrogens is 3. The van der Waals surface area contributed by atoms with E-state index >= 15 is 0 Å². The molecule has 2 N–H and O–H groups in total. The van der Waals surface area contributed by atoms with Crippen molar-refractivity contribution in [1.82, 2.24) is 19.9 Å². The van der Waals surface area contributed by atoms with Gasteiger partial charge in [0.25, 0.3) is 0 Å². The van der Waals surface area contributed by atoms with Gasteiger partial charge in [-0.1, -0.05) is 44.2 Å². The molecular weight excluding hydrogens is 508 g/mol. The van der Waals surface area contributed by atoms with E-state index in [1.807, 2.05) is 77.2 Å². The number of piperidine rings is 1. The SMILES string of the molecule is CC(C)c1cnn2c(N(Cc3ccccc3)C(=O)OC(C)(C)C)cc(NC[C@]34CCNC[C@H]3OC(C)(C)O4)nc12. The fraction of sp³-hybridized carbons (Fsp3) is 0.567. The molecule has 216 valence electrons. The molecule has 2 aromatic heterocycles. The van der Waals surface area contributed by atoms with Gasteiger partial charge in [0.15, 0.2) is 11.4 Å². The third-order valence-corrected chi connectivity index (χ3v) is 7.26. The van der Waals surface area contributed by atoms with E-state index in [9.17, 15) is 4.79 Å². The van der Waals surface area contributed by atoms with Crippen LogP contribution >= 0.6 is 0 Å². The van der Waals surface area contributed by atoms with Crippen LogP contribution in [0.5, 0.6) is 0 Å². The minimum Gasteiger partial charge on any atom is -0.443 e. The van der Waals surface area contributed by atoms with Gasteiger partial charge in [0.2, 0.25) is 0 Å². The van der Waals surface area contributed by atoms with Gasteiger partial charge in [-0.15, -0.1) is 0 Å². The molecule has 4 heterocycles. The fourth-order valence-corrected chi connectivity index (χ4v) is 5.46. The van der Waals surface area contributed by atoms with E-state index in [-0.39, 0.29) is 12.0 Å². The molecule has 10 nitrogen and oxygen atoms in total. The summed E-state index contributed by atoms with van der Waals surface area (Å²) in [5.74, 6) is 0.727. The molecule has 0 aliphatic carbocycles. The van der Waals surface area contributed by atoms with E-state index in [1.54, 1.807) is 9.42 Å². The summed E-state index contributed by atoms with van der Waals surface area (Å²) in [6, 6.07) is 11.7. The Morgan fingerprint density at radius 3 is 2.73 bits per heavy atom. The number of rotatable bonds is 7. The lowest BCUT2D eigenvalue weighted by Crippen LogP contribution is -2.56. The minimum atomic E-state index is -0.666. The molecule has 2 atom stereocenters. The molecule has 0 spiro atoms. The number of hydrogen-bond acceptors (Lipinski definition) is 8. The molecule has 2 saturated heterocycles. The fourth-order valence-electron chi connectivity index (χ4n) is 5.46. The minimum absolute atomic E-state index is 0.0792. The van der Waals surface area contributed by atoms with Gasteiger partial charge in [0.1, 0.15) is 28.9 Å². The molecule has 0 bridgehead atoms. The second-order valence-electron chi connectivity index (χ2n) is 12.5. The highest BCUT2D eigenvalue weighted by Crippen LogP contribution is 2.40. The van der Waals surface area contributed by atoms with Gasteiger partial charge in [0, 0.05) is 24.7 Å². The average Bonchev–Trinajstić information content (AvgIpc) is 3.42. The first-order chi connectivity index (χ1) is 18.9. The van der Waals surface area contributed by atoms with Gasteiger partial charge >= 0.3 is 6.09 Å². The quantitative estimate of drug-likeness (QED) is 0.420. The van der Waals surface area contributed by atoms with Gasteiger partial charge < -0.3 is 24.8 Å². The summed E-state index contributed by atoms with van der Waals surface area (Å²) in [7, 11) is 0. The molecule has 5 rings (SSSR count). The number of nitrogens with one attached hydrogen (secondary N) is 2. The van der Waals surface area contributed by atoms with Crippen LogP contribution < -0.4 is 15.5 Å². The number of carbonyl (C=O) groups excluding carboxylic acids is 1. The normalized spacial score (nSPS) is 22.4. The van der Waals surface area contributed by atoms with Crippen LogP contribution in [0.1, 0.15) is 71.9 Å². The smallest absolute Gasteiger partial charge is 0.416 e. The Morgan fingerprint density at radius 2 is 2.02 bits per heavy atom. The number of carbonyl (C=O) groups is 1. The molecule has 40 heavy (non-hydrogen) atoms. The van der Waals surface area contributed by atoms with E-state index in [0.29, 0.717) is 30.4 Å². The maximum absolute atomic E-state index is 13.7. The van der Waals surface area contributed by atoms with Crippen LogP contribution in [0.2, 0.25) is 0 Å². The van der Waals surface area contributed by atoms with Crippen molar-refractivity contribution in [3.8, 4) is 0 Å². The summed E-state index contributed by atoms with van der Waals surface area (Å²) in [6.45, 7) is 16.1. The van der Waals surface area contributed by atoms with Crippen molar-refractivity contribution in [2.45, 2.75) is 90.4 Å². The highest BCUT2D eigenvalue weighted by molar-refractivity contribution is 5.88. The number of anilines is 2. The van der Waals surface area contributed by atoms with Gasteiger partial charge in [-0.25, -0.2) is 9.78 Å². The van der Waals surface area contributed by atoms with Crippen molar-refractivity contribution >= 4 is 23.4 Å². The third kappa shape index (κ3) is 5.94. The van der Waals surface area contributed by atoms with Crippen LogP contribution in [-0.4, -0.2) is 63.4 Å². The van der Waals surface area contributed by atoms with Gasteiger partial charge in [0.05, 0.1) is 12.7 Å². The van der Waals surface area contributed by atoms with Crippen molar-refractivity contribution < 1.29 is 19.0 Å². The van der Waals surface area contributed by atoms with Gasteiger partial charge in [-0.2, -0.15) is 9.61 Å². The molecule has 2 aliphatic rings. The number of amides is 1. The molecular formula is C30H42N6O4. The second-order valence-corrected chi connectivity index (χ2v) is 12.5. The van der Waals surface area contributed by atoms with Crippen molar-refractivity contribution in [2.75, 3.05) is 29.9 Å². The molecule has 10 heteroatoms. The molecule has 2 aliphatic heterocycles. The number of fused-ring (bicyclic) bond motifs is 2. The largest absolute Gasteiger partial charge is 0.443 e. The summed E-state index contributed by atoms with van der Waals surface area (Å²) < 4.78 is 20.3. The van der Waals surface area contributed by atoms with Crippen LogP contribution in [0.25, 0.3) is 5.65 Å². The van der Waals surface area contributed by atoms with Gasteiger partial charge in [-0.3, -0.25) is 4.90 Å². The van der Waals surface area contributed by atoms with Crippen LogP contribution in [0.15, 0.2) is 42.6 Å². The lowest BCUT2D eigenvalue weighted by Gasteiger charge is -2.37. The molecule has 2 fully saturated rings. The molecule has 0 radical (unpaired) electrons. The zero-order chi connectivity index (χ0) is 28.7.